The fourth-order valence-electron chi connectivity index (χ4n) is 11.6. The molecule has 508 valence electrons. The molecule has 6 aliphatic heterocycles. The van der Waals surface area contributed by atoms with E-state index in [9.17, 15) is 90.7 Å². The van der Waals surface area contributed by atoms with Crippen LogP contribution in [0.3, 0.4) is 0 Å². The van der Waals surface area contributed by atoms with E-state index in [2.05, 4.69) is 47.9 Å². The van der Waals surface area contributed by atoms with Crippen LogP contribution in [-0.4, -0.2) is 317 Å². The van der Waals surface area contributed by atoms with Gasteiger partial charge in [0.25, 0.3) is 0 Å². The molecule has 0 aliphatic carbocycles. The van der Waals surface area contributed by atoms with Crippen molar-refractivity contribution in [1.29, 1.82) is 0 Å². The monoisotopic (exact) mass is 1300 g/mol. The summed E-state index contributed by atoms with van der Waals surface area (Å²) in [4.78, 5) is 88.2. The van der Waals surface area contributed by atoms with E-state index in [0.29, 0.717) is 5.56 Å². The molecule has 37 heteroatoms. The summed E-state index contributed by atoms with van der Waals surface area (Å²) in [6.45, 7) is -3.57. The highest BCUT2D eigenvalue weighted by Gasteiger charge is 2.55. The molecule has 6 heterocycles. The number of ether oxygens (including phenoxy) is 5. The third-order valence-electron chi connectivity index (χ3n) is 16.9. The van der Waals surface area contributed by atoms with Crippen molar-refractivity contribution in [1.82, 2.24) is 52.8 Å². The number of hydrogen-bond acceptors (Lipinski definition) is 31. The number of aliphatic hydroxyl groups is 14. The number of nitrogens with two attached hydrogens (primary N) is 2. The van der Waals surface area contributed by atoms with Gasteiger partial charge in [-0.05, 0) is 23.3 Å². The Morgan fingerprint density at radius 1 is 0.571 bits per heavy atom. The number of benzene rings is 2. The van der Waals surface area contributed by atoms with Gasteiger partial charge in [0.1, 0.15) is 134 Å². The largest absolute Gasteiger partial charge is 0.462 e. The summed E-state index contributed by atoms with van der Waals surface area (Å²) in [6, 6.07) is 1.22. The SMILES string of the molecule is C[C@@H](c1ccccc1)[C@@H]1NC(=O)CNC(=O)[C@H](CO)NC(=O)[C@@H]([C@@H](O)[C@@H]2CNC(N)N2[C@H]2O[C@H](CO)[C@@H](O)[C@H](O)[C@@H]2O)NC(=O)[C@H]([C@@H](O)[C@@H]2CNC(N)N2)NC(=O)[C@@H](Cc2ccc(O[C@H]3O[C@H](CO)[C@@H](O[C@H]4O[C@H](CO)[C@@H](O)[C@H](O)[C@@H]4O)[C@H](O)[C@@H]3O)cc2)NC1=O. The van der Waals surface area contributed by atoms with Gasteiger partial charge in [0.15, 0.2) is 6.29 Å². The number of carbonyl (C=O) groups is 6. The first-order valence-electron chi connectivity index (χ1n) is 29.3. The van der Waals surface area contributed by atoms with Crippen molar-refractivity contribution >= 4 is 35.4 Å². The van der Waals surface area contributed by atoms with E-state index in [1.807, 2.05) is 0 Å². The van der Waals surface area contributed by atoms with Crippen LogP contribution in [0.4, 0.5) is 0 Å². The molecule has 0 aromatic heterocycles. The van der Waals surface area contributed by atoms with E-state index in [0.717, 1.165) is 4.90 Å². The van der Waals surface area contributed by atoms with Crippen LogP contribution in [0.15, 0.2) is 54.6 Å². The predicted molar refractivity (Wildman–Crippen MR) is 302 cm³/mol. The Labute approximate surface area is 518 Å². The van der Waals surface area contributed by atoms with Gasteiger partial charge in [0, 0.05) is 25.4 Å². The van der Waals surface area contributed by atoms with Crippen molar-refractivity contribution in [3.63, 3.8) is 0 Å². The molecular weight excluding hydrogens is 1220 g/mol. The van der Waals surface area contributed by atoms with Gasteiger partial charge in [-0.25, -0.2) is 4.90 Å². The van der Waals surface area contributed by atoms with Crippen LogP contribution in [0, 0.1) is 0 Å². The van der Waals surface area contributed by atoms with Crippen molar-refractivity contribution in [3.8, 4) is 5.75 Å². The topological polar surface area (TPSA) is 595 Å². The molecule has 6 fully saturated rings. The lowest BCUT2D eigenvalue weighted by Crippen LogP contribution is -2.70. The van der Waals surface area contributed by atoms with Crippen molar-refractivity contribution in [3.05, 3.63) is 65.7 Å². The summed E-state index contributed by atoms with van der Waals surface area (Å²) in [5.41, 5.74) is 13.1. The number of nitrogens with zero attached hydrogens (tertiary/aromatic N) is 1. The van der Waals surface area contributed by atoms with Gasteiger partial charge in [-0.3, -0.25) is 44.7 Å². The summed E-state index contributed by atoms with van der Waals surface area (Å²) in [6.07, 6.45) is -33.7. The Kier molecular flexibility index (Phi) is 24.4. The third kappa shape index (κ3) is 16.2. The quantitative estimate of drug-likeness (QED) is 0.0699. The van der Waals surface area contributed by atoms with Crippen molar-refractivity contribution in [2.45, 2.75) is 178 Å². The predicted octanol–water partition coefficient (Wildman–Crippen LogP) is -14.6. The zero-order chi connectivity index (χ0) is 66.3. The molecule has 0 spiro atoms. The highest BCUT2D eigenvalue weighted by molar-refractivity contribution is 5.98. The molecule has 8 rings (SSSR count). The minimum absolute atomic E-state index is 0.0664. The normalized spacial score (nSPS) is 39.6. The van der Waals surface area contributed by atoms with Gasteiger partial charge < -0.3 is 139 Å². The van der Waals surface area contributed by atoms with E-state index >= 15 is 9.59 Å². The first-order valence-corrected chi connectivity index (χ1v) is 29.3. The molecule has 6 amide bonds. The van der Waals surface area contributed by atoms with E-state index in [4.69, 9.17) is 35.2 Å². The van der Waals surface area contributed by atoms with E-state index in [-0.39, 0.29) is 24.4 Å². The molecule has 6 saturated heterocycles. The van der Waals surface area contributed by atoms with Crippen LogP contribution >= 0.6 is 0 Å². The fourth-order valence-corrected chi connectivity index (χ4v) is 11.6. The Morgan fingerprint density at radius 2 is 1.14 bits per heavy atom. The van der Waals surface area contributed by atoms with Crippen LogP contribution in [0.5, 0.6) is 5.75 Å². The Morgan fingerprint density at radius 3 is 1.77 bits per heavy atom. The van der Waals surface area contributed by atoms with Crippen LogP contribution < -0.4 is 64.1 Å². The summed E-state index contributed by atoms with van der Waals surface area (Å²) in [5.74, 6) is -8.15. The number of hydrogen-bond donors (Lipinski definition) is 25. The van der Waals surface area contributed by atoms with Crippen LogP contribution in [0.1, 0.15) is 24.0 Å². The second kappa shape index (κ2) is 31.4. The number of aliphatic hydroxyl groups excluding tert-OH is 14. The Hall–Kier alpha value is -5.90. The number of nitrogens with one attached hydrogen (secondary N) is 9. The summed E-state index contributed by atoms with van der Waals surface area (Å²) in [5, 5.41) is 174. The lowest BCUT2D eigenvalue weighted by molar-refractivity contribution is -0.352. The smallest absolute Gasteiger partial charge is 0.246 e. The molecule has 2 unspecified atom stereocenters. The van der Waals surface area contributed by atoms with Crippen molar-refractivity contribution in [2.75, 3.05) is 46.1 Å². The van der Waals surface area contributed by atoms with Gasteiger partial charge in [-0.1, -0.05) is 49.4 Å². The molecule has 27 N–H and O–H groups in total. The standard InChI is InChI=1S/C54H82N12O25/c1-19(21-5-3-2-4-6-21)31-47(84)60-23(11-20-7-9-22(10-8-20)87-51-43(81)40(78)44(29(18-70)90-51)91-52-42(80)39(77)37(75)28(17-69)89-52)46(83)64-32(34(72)24-12-58-53(55)62-24)49(86)65-33(48(85)61-25(15-67)45(82)57-14-30(71)63-31)35(73)26-13-59-54(56)66(26)50-41(79)38(76)36(74)27(16-68)88-50/h2-10,19,23-29,31-44,50-54,58-59,62,67-70,72-81H,11-18,55-56H2,1H3,(H,57,82)(H,60,84)(H,61,85)(H,63,71)(H,64,83)(H,65,86)/t19-,23+,24-,25-,26-,27+,28+,29+,31-,32-,33+,34-,35-,36+,37+,38-,39-,40+,41-,42-,43-,44+,50-,51-,52+,53?,54?/m0/s1. The first kappa shape index (κ1) is 71.0. The van der Waals surface area contributed by atoms with E-state index in [1.54, 1.807) is 37.3 Å². The highest BCUT2D eigenvalue weighted by Crippen LogP contribution is 2.32. The van der Waals surface area contributed by atoms with Crippen LogP contribution in [0.2, 0.25) is 0 Å². The summed E-state index contributed by atoms with van der Waals surface area (Å²) in [7, 11) is 0. The van der Waals surface area contributed by atoms with Crippen molar-refractivity contribution < 1.29 is 124 Å². The maximum Gasteiger partial charge on any atom is 0.246 e. The van der Waals surface area contributed by atoms with Crippen molar-refractivity contribution in [2.24, 2.45) is 11.5 Å². The average molecular weight is 1300 g/mol. The second-order valence-electron chi connectivity index (χ2n) is 22.9. The molecule has 0 bridgehead atoms. The number of amides is 6. The number of carbonyl (C=O) groups excluding carboxylic acids is 6. The molecule has 2 aromatic rings. The second-order valence-corrected chi connectivity index (χ2v) is 22.9. The number of rotatable bonds is 17. The Bertz CT molecular complexity index is 2770. The molecule has 6 aliphatic rings. The van der Waals surface area contributed by atoms with Gasteiger partial charge in [-0.2, -0.15) is 0 Å². The van der Waals surface area contributed by atoms with Crippen LogP contribution in [-0.2, 0) is 54.1 Å². The van der Waals surface area contributed by atoms with Gasteiger partial charge >= 0.3 is 0 Å². The van der Waals surface area contributed by atoms with Gasteiger partial charge in [0.2, 0.25) is 41.7 Å². The molecule has 0 radical (unpaired) electrons. The van der Waals surface area contributed by atoms with E-state index in [1.165, 1.54) is 24.3 Å². The average Bonchev–Trinajstić information content (AvgIpc) is 1.85. The lowest BCUT2D eigenvalue weighted by atomic mass is 9.92. The first-order chi connectivity index (χ1) is 43.3. The third-order valence-corrected chi connectivity index (χ3v) is 16.9. The molecule has 0 saturated carbocycles. The molecular formula is C54H82N12O25. The van der Waals surface area contributed by atoms with E-state index < -0.39 is 240 Å². The maximum absolute atomic E-state index is 15.1. The lowest BCUT2D eigenvalue weighted by Gasteiger charge is -2.47. The molecule has 27 atom stereocenters. The zero-order valence-electron chi connectivity index (χ0n) is 48.8. The van der Waals surface area contributed by atoms with Gasteiger partial charge in [-0.15, -0.1) is 0 Å². The molecule has 91 heavy (non-hydrogen) atoms. The maximum atomic E-state index is 15.1. The highest BCUT2D eigenvalue weighted by atomic mass is 16.7. The Balaban J connectivity index is 1.11. The zero-order valence-corrected chi connectivity index (χ0v) is 48.8. The van der Waals surface area contributed by atoms with Gasteiger partial charge in [0.05, 0.1) is 51.2 Å². The summed E-state index contributed by atoms with van der Waals surface area (Å²) < 4.78 is 28.3. The summed E-state index contributed by atoms with van der Waals surface area (Å²) >= 11 is 0. The molecule has 37 nitrogen and oxygen atoms in total. The minimum Gasteiger partial charge on any atom is -0.462 e. The molecule has 2 aromatic carbocycles. The minimum atomic E-state index is -2.30. The van der Waals surface area contributed by atoms with Crippen LogP contribution in [0.25, 0.3) is 0 Å². The fraction of sp³-hybridized carbons (Fsp3) is 0.667.